The Balaban J connectivity index is 2.58. The minimum atomic E-state index is -2.42. The number of hydrogen-bond donors (Lipinski definition) is 2. The van der Waals surface area contributed by atoms with Crippen molar-refractivity contribution in [2.45, 2.75) is 12.5 Å². The van der Waals surface area contributed by atoms with E-state index in [4.69, 9.17) is 5.73 Å². The molecule has 1 aromatic carbocycles. The molecule has 0 aliphatic rings. The Bertz CT molecular complexity index is 339. The number of rotatable bonds is 7. The number of nitrogens with zero attached hydrogens (tertiary/aromatic N) is 1. The highest BCUT2D eigenvalue weighted by Gasteiger charge is 2.11. The molecular formula is C13H21F2N3. The minimum Gasteiger partial charge on any atom is -0.329 e. The molecule has 1 unspecified atom stereocenters. The third-order valence-corrected chi connectivity index (χ3v) is 2.78. The molecule has 102 valence electrons. The van der Waals surface area contributed by atoms with Crippen LogP contribution in [0.15, 0.2) is 24.3 Å². The lowest BCUT2D eigenvalue weighted by Crippen LogP contribution is -2.33. The van der Waals surface area contributed by atoms with Crippen molar-refractivity contribution in [1.82, 2.24) is 10.2 Å². The van der Waals surface area contributed by atoms with Crippen molar-refractivity contribution in [3.8, 4) is 0 Å². The van der Waals surface area contributed by atoms with Gasteiger partial charge in [-0.1, -0.05) is 24.3 Å². The lowest BCUT2D eigenvalue weighted by molar-refractivity contribution is 0.151. The first-order valence-corrected chi connectivity index (χ1v) is 6.00. The molecule has 1 aromatic rings. The van der Waals surface area contributed by atoms with Gasteiger partial charge in [-0.25, -0.2) is 8.78 Å². The van der Waals surface area contributed by atoms with E-state index in [0.29, 0.717) is 6.54 Å². The lowest BCUT2D eigenvalue weighted by Gasteiger charge is -2.19. The Morgan fingerprint density at radius 2 is 1.72 bits per heavy atom. The summed E-state index contributed by atoms with van der Waals surface area (Å²) in [4.78, 5) is 2.07. The van der Waals surface area contributed by atoms with Crippen LogP contribution in [-0.4, -0.2) is 38.6 Å². The summed E-state index contributed by atoms with van der Waals surface area (Å²) < 4.78 is 24.9. The van der Waals surface area contributed by atoms with Crippen LogP contribution in [-0.2, 0) is 0 Å². The van der Waals surface area contributed by atoms with Crippen LogP contribution in [0.3, 0.4) is 0 Å². The maximum Gasteiger partial charge on any atom is 0.263 e. The summed E-state index contributed by atoms with van der Waals surface area (Å²) >= 11 is 0. The quantitative estimate of drug-likeness (QED) is 0.782. The first-order valence-electron chi connectivity index (χ1n) is 6.00. The van der Waals surface area contributed by atoms with Gasteiger partial charge in [0.1, 0.15) is 0 Å². The molecule has 3 nitrogen and oxygen atoms in total. The molecule has 3 N–H and O–H groups in total. The molecule has 1 atom stereocenters. The molecule has 0 spiro atoms. The van der Waals surface area contributed by atoms with Gasteiger partial charge in [0.05, 0.1) is 0 Å². The van der Waals surface area contributed by atoms with E-state index in [1.54, 1.807) is 12.1 Å². The van der Waals surface area contributed by atoms with Crippen LogP contribution in [0.4, 0.5) is 8.78 Å². The Labute approximate surface area is 107 Å². The second kappa shape index (κ2) is 7.41. The molecule has 0 aromatic heterocycles. The summed E-state index contributed by atoms with van der Waals surface area (Å²) in [5, 5.41) is 3.31. The van der Waals surface area contributed by atoms with Crippen molar-refractivity contribution in [1.29, 1.82) is 0 Å². The molecule has 5 heteroatoms. The molecule has 0 saturated heterocycles. The number of likely N-dealkylation sites (N-methyl/N-ethyl adjacent to an activating group) is 1. The van der Waals surface area contributed by atoms with Crippen molar-refractivity contribution in [3.63, 3.8) is 0 Å². The van der Waals surface area contributed by atoms with E-state index in [2.05, 4.69) is 10.2 Å². The maximum absolute atomic E-state index is 12.4. The Hall–Kier alpha value is -1.04. The third-order valence-electron chi connectivity index (χ3n) is 2.78. The lowest BCUT2D eigenvalue weighted by atomic mass is 10.0. The summed E-state index contributed by atoms with van der Waals surface area (Å²) in [5.74, 6) is 0. The molecule has 0 fully saturated rings. The van der Waals surface area contributed by atoms with Crippen LogP contribution in [0.25, 0.3) is 0 Å². The normalized spacial score (nSPS) is 13.3. The van der Waals surface area contributed by atoms with E-state index >= 15 is 0 Å². The first-order chi connectivity index (χ1) is 8.54. The van der Waals surface area contributed by atoms with E-state index in [9.17, 15) is 8.78 Å². The number of nitrogens with two attached hydrogens (primary N) is 1. The molecule has 0 aliphatic heterocycles. The van der Waals surface area contributed by atoms with Crippen molar-refractivity contribution in [2.24, 2.45) is 5.73 Å². The maximum atomic E-state index is 12.4. The average Bonchev–Trinajstić information content (AvgIpc) is 2.34. The molecule has 0 radical (unpaired) electrons. The predicted molar refractivity (Wildman–Crippen MR) is 69.8 cm³/mol. The largest absolute Gasteiger partial charge is 0.329 e. The van der Waals surface area contributed by atoms with E-state index in [1.807, 2.05) is 14.1 Å². The third kappa shape index (κ3) is 4.68. The second-order valence-electron chi connectivity index (χ2n) is 4.51. The van der Waals surface area contributed by atoms with Gasteiger partial charge in [0, 0.05) is 31.2 Å². The van der Waals surface area contributed by atoms with E-state index in [-0.39, 0.29) is 11.6 Å². The fourth-order valence-electron chi connectivity index (χ4n) is 1.67. The second-order valence-corrected chi connectivity index (χ2v) is 4.51. The van der Waals surface area contributed by atoms with Crippen LogP contribution in [0.2, 0.25) is 0 Å². The van der Waals surface area contributed by atoms with E-state index in [0.717, 1.165) is 18.7 Å². The van der Waals surface area contributed by atoms with Gasteiger partial charge in [-0.15, -0.1) is 0 Å². The summed E-state index contributed by atoms with van der Waals surface area (Å²) in [6.45, 7) is 2.17. The zero-order valence-corrected chi connectivity index (χ0v) is 10.9. The van der Waals surface area contributed by atoms with E-state index in [1.165, 1.54) is 12.1 Å². The zero-order valence-electron chi connectivity index (χ0n) is 10.9. The van der Waals surface area contributed by atoms with Crippen LogP contribution >= 0.6 is 0 Å². The highest BCUT2D eigenvalue weighted by molar-refractivity contribution is 5.26. The Morgan fingerprint density at radius 3 is 2.17 bits per heavy atom. The highest BCUT2D eigenvalue weighted by atomic mass is 19.3. The molecule has 0 heterocycles. The van der Waals surface area contributed by atoms with Crippen LogP contribution in [0, 0.1) is 0 Å². The van der Waals surface area contributed by atoms with Crippen molar-refractivity contribution in [2.75, 3.05) is 33.7 Å². The predicted octanol–water partition coefficient (Wildman–Crippen LogP) is 1.78. The minimum absolute atomic E-state index is 0.0108. The molecular weight excluding hydrogens is 236 g/mol. The monoisotopic (exact) mass is 257 g/mol. The van der Waals surface area contributed by atoms with Crippen LogP contribution in [0.5, 0.6) is 0 Å². The number of alkyl halides is 2. The van der Waals surface area contributed by atoms with Crippen molar-refractivity contribution >= 4 is 0 Å². The van der Waals surface area contributed by atoms with Gasteiger partial charge < -0.3 is 16.0 Å². The molecule has 1 rings (SSSR count). The van der Waals surface area contributed by atoms with Gasteiger partial charge >= 0.3 is 0 Å². The summed E-state index contributed by atoms with van der Waals surface area (Å²) in [5.41, 5.74) is 6.68. The van der Waals surface area contributed by atoms with Gasteiger partial charge in [-0.05, 0) is 19.7 Å². The van der Waals surface area contributed by atoms with Crippen LogP contribution < -0.4 is 11.1 Å². The molecule has 0 amide bonds. The number of nitrogens with one attached hydrogen (secondary N) is 1. The van der Waals surface area contributed by atoms with Gasteiger partial charge in [-0.2, -0.15) is 0 Å². The summed E-state index contributed by atoms with van der Waals surface area (Å²) in [7, 11) is 3.99. The standard InChI is InChI=1S/C13H21F2N3/c1-18(2)8-7-17-12(9-16)10-3-5-11(6-4-10)13(14)15/h3-6,12-13,17H,7-9,16H2,1-2H3. The van der Waals surface area contributed by atoms with Gasteiger partial charge in [0.2, 0.25) is 0 Å². The topological polar surface area (TPSA) is 41.3 Å². The first kappa shape index (κ1) is 15.0. The number of hydrogen-bond acceptors (Lipinski definition) is 3. The molecule has 0 bridgehead atoms. The Kier molecular flexibility index (Phi) is 6.18. The van der Waals surface area contributed by atoms with Crippen molar-refractivity contribution in [3.05, 3.63) is 35.4 Å². The van der Waals surface area contributed by atoms with Gasteiger partial charge in [0.15, 0.2) is 0 Å². The fourth-order valence-corrected chi connectivity index (χ4v) is 1.67. The number of benzene rings is 1. The summed E-state index contributed by atoms with van der Waals surface area (Å²) in [6, 6.07) is 6.34. The molecule has 18 heavy (non-hydrogen) atoms. The van der Waals surface area contributed by atoms with E-state index < -0.39 is 6.43 Å². The Morgan fingerprint density at radius 1 is 1.17 bits per heavy atom. The smallest absolute Gasteiger partial charge is 0.263 e. The zero-order chi connectivity index (χ0) is 13.5. The van der Waals surface area contributed by atoms with Crippen LogP contribution in [0.1, 0.15) is 23.6 Å². The number of halogens is 2. The SMILES string of the molecule is CN(C)CCNC(CN)c1ccc(C(F)F)cc1. The fraction of sp³-hybridized carbons (Fsp3) is 0.538. The van der Waals surface area contributed by atoms with Crippen molar-refractivity contribution < 1.29 is 8.78 Å². The molecule has 0 saturated carbocycles. The highest BCUT2D eigenvalue weighted by Crippen LogP contribution is 2.20. The molecule has 0 aliphatic carbocycles. The van der Waals surface area contributed by atoms with Gasteiger partial charge in [-0.3, -0.25) is 0 Å². The average molecular weight is 257 g/mol. The van der Waals surface area contributed by atoms with Gasteiger partial charge in [0.25, 0.3) is 6.43 Å². The summed E-state index contributed by atoms with van der Waals surface area (Å²) in [6.07, 6.45) is -2.42.